The maximum Gasteiger partial charge on any atom is 0.0607 e. The monoisotopic (exact) mass is 249 g/mol. The number of halogens is 1. The van der Waals surface area contributed by atoms with Gasteiger partial charge in [0, 0.05) is 23.7 Å². The van der Waals surface area contributed by atoms with Crippen LogP contribution in [0.25, 0.3) is 5.70 Å². The molecule has 0 spiro atoms. The third-order valence-corrected chi connectivity index (χ3v) is 4.00. The third-order valence-electron chi connectivity index (χ3n) is 3.83. The molecule has 0 bridgehead atoms. The molecule has 1 aliphatic heterocycles. The Morgan fingerprint density at radius 1 is 1.24 bits per heavy atom. The Labute approximate surface area is 109 Å². The first-order chi connectivity index (χ1) is 7.91. The Morgan fingerprint density at radius 3 is 2.35 bits per heavy atom. The van der Waals surface area contributed by atoms with Crippen LogP contribution in [0.4, 0.5) is 0 Å². The molecule has 17 heavy (non-hydrogen) atoms. The van der Waals surface area contributed by atoms with Crippen molar-refractivity contribution in [1.82, 2.24) is 4.90 Å². The van der Waals surface area contributed by atoms with Crippen LogP contribution >= 0.6 is 11.6 Å². The lowest BCUT2D eigenvalue weighted by Gasteiger charge is -2.35. The lowest BCUT2D eigenvalue weighted by Crippen LogP contribution is -2.36. The maximum atomic E-state index is 5.91. The van der Waals surface area contributed by atoms with Gasteiger partial charge in [0.15, 0.2) is 0 Å². The molecule has 92 valence electrons. The molecule has 2 rings (SSSR count). The fourth-order valence-electron chi connectivity index (χ4n) is 3.08. The van der Waals surface area contributed by atoms with Crippen LogP contribution in [0.15, 0.2) is 18.7 Å². The van der Waals surface area contributed by atoms with E-state index in [2.05, 4.69) is 51.3 Å². The predicted octanol–water partition coefficient (Wildman–Crippen LogP) is 4.06. The number of fused-ring (bicyclic) bond motifs is 1. The average molecular weight is 250 g/mol. The van der Waals surface area contributed by atoms with Crippen LogP contribution in [0.2, 0.25) is 0 Å². The summed E-state index contributed by atoms with van der Waals surface area (Å²) < 4.78 is 0. The number of nitrogens with zero attached hydrogens (tertiary/aromatic N) is 1. The number of aryl methyl sites for hydroxylation is 2. The number of hydrogen-bond acceptors (Lipinski definition) is 1. The van der Waals surface area contributed by atoms with Gasteiger partial charge in [-0.3, -0.25) is 0 Å². The van der Waals surface area contributed by atoms with Gasteiger partial charge in [-0.15, -0.1) is 11.6 Å². The lowest BCUT2D eigenvalue weighted by atomic mass is 9.88. The summed E-state index contributed by atoms with van der Waals surface area (Å²) in [6, 6.07) is 4.38. The van der Waals surface area contributed by atoms with Crippen LogP contribution < -0.4 is 0 Å². The molecule has 0 saturated carbocycles. The predicted molar refractivity (Wildman–Crippen MR) is 75.4 cm³/mol. The van der Waals surface area contributed by atoms with E-state index in [9.17, 15) is 0 Å². The summed E-state index contributed by atoms with van der Waals surface area (Å²) in [4.78, 5) is 2.32. The van der Waals surface area contributed by atoms with E-state index >= 15 is 0 Å². The van der Waals surface area contributed by atoms with Gasteiger partial charge in [-0.2, -0.15) is 0 Å². The van der Waals surface area contributed by atoms with Crippen LogP contribution in [-0.2, 0) is 5.54 Å². The van der Waals surface area contributed by atoms with Gasteiger partial charge in [0.1, 0.15) is 0 Å². The molecule has 1 aliphatic rings. The molecule has 1 aromatic rings. The summed E-state index contributed by atoms with van der Waals surface area (Å²) in [7, 11) is 0. The zero-order valence-corrected chi connectivity index (χ0v) is 11.9. The van der Waals surface area contributed by atoms with E-state index in [1.165, 1.54) is 22.3 Å². The Bertz CT molecular complexity index is 474. The van der Waals surface area contributed by atoms with Crippen molar-refractivity contribution in [2.75, 3.05) is 12.4 Å². The maximum absolute atomic E-state index is 5.91. The van der Waals surface area contributed by atoms with E-state index in [1.54, 1.807) is 0 Å². The van der Waals surface area contributed by atoms with Crippen molar-refractivity contribution in [3.05, 3.63) is 41.0 Å². The van der Waals surface area contributed by atoms with Gasteiger partial charge in [-0.05, 0) is 44.4 Å². The highest BCUT2D eigenvalue weighted by Gasteiger charge is 2.40. The molecule has 0 aliphatic carbocycles. The van der Waals surface area contributed by atoms with Gasteiger partial charge in [0.25, 0.3) is 0 Å². The van der Waals surface area contributed by atoms with Crippen molar-refractivity contribution in [1.29, 1.82) is 0 Å². The quantitative estimate of drug-likeness (QED) is 0.715. The smallest absolute Gasteiger partial charge is 0.0607 e. The van der Waals surface area contributed by atoms with Crippen LogP contribution in [-0.4, -0.2) is 17.3 Å². The fourth-order valence-corrected chi connectivity index (χ4v) is 3.25. The zero-order valence-electron chi connectivity index (χ0n) is 11.1. The molecule has 1 heterocycles. The van der Waals surface area contributed by atoms with Crippen molar-refractivity contribution in [3.63, 3.8) is 0 Å². The molecule has 1 nitrogen and oxygen atoms in total. The summed E-state index contributed by atoms with van der Waals surface area (Å²) in [5.74, 6) is 0.633. The molecule has 0 fully saturated rings. The van der Waals surface area contributed by atoms with Gasteiger partial charge in [0.05, 0.1) is 5.54 Å². The fraction of sp³-hybridized carbons (Fsp3) is 0.467. The molecule has 1 aromatic carbocycles. The van der Waals surface area contributed by atoms with Gasteiger partial charge in [-0.1, -0.05) is 18.7 Å². The summed E-state index contributed by atoms with van der Waals surface area (Å²) in [6.45, 7) is 13.9. The molecular formula is C15H20ClN. The van der Waals surface area contributed by atoms with Crippen LogP contribution in [0.5, 0.6) is 0 Å². The molecule has 0 aromatic heterocycles. The van der Waals surface area contributed by atoms with Crippen LogP contribution in [0.1, 0.15) is 36.1 Å². The summed E-state index contributed by atoms with van der Waals surface area (Å²) in [5.41, 5.74) is 6.49. The summed E-state index contributed by atoms with van der Waals surface area (Å²) in [5, 5.41) is 0. The highest BCUT2D eigenvalue weighted by molar-refractivity contribution is 6.18. The van der Waals surface area contributed by atoms with E-state index in [1.807, 2.05) is 0 Å². The van der Waals surface area contributed by atoms with Gasteiger partial charge >= 0.3 is 0 Å². The number of hydrogen-bond donors (Lipinski definition) is 0. The van der Waals surface area contributed by atoms with Crippen molar-refractivity contribution >= 4 is 17.3 Å². The number of rotatable bonds is 2. The average Bonchev–Trinajstić information content (AvgIpc) is 2.46. The Morgan fingerprint density at radius 2 is 1.82 bits per heavy atom. The largest absolute Gasteiger partial charge is 0.361 e. The topological polar surface area (TPSA) is 3.24 Å². The van der Waals surface area contributed by atoms with Gasteiger partial charge < -0.3 is 4.90 Å². The van der Waals surface area contributed by atoms with E-state index in [0.717, 1.165) is 12.2 Å². The highest BCUT2D eigenvalue weighted by Crippen LogP contribution is 2.47. The molecule has 0 atom stereocenters. The molecule has 0 radical (unpaired) electrons. The van der Waals surface area contributed by atoms with Crippen molar-refractivity contribution in [2.45, 2.75) is 33.2 Å². The van der Waals surface area contributed by atoms with E-state index in [4.69, 9.17) is 11.6 Å². The second-order valence-corrected chi connectivity index (χ2v) is 5.67. The van der Waals surface area contributed by atoms with Crippen molar-refractivity contribution in [2.24, 2.45) is 0 Å². The minimum Gasteiger partial charge on any atom is -0.361 e. The minimum atomic E-state index is -0.00257. The summed E-state index contributed by atoms with van der Waals surface area (Å²) in [6.07, 6.45) is 0. The number of alkyl halides is 1. The van der Waals surface area contributed by atoms with E-state index in [-0.39, 0.29) is 5.54 Å². The molecule has 0 unspecified atom stereocenters. The van der Waals surface area contributed by atoms with E-state index in [0.29, 0.717) is 5.88 Å². The molecule has 0 saturated heterocycles. The highest BCUT2D eigenvalue weighted by atomic mass is 35.5. The van der Waals surface area contributed by atoms with Gasteiger partial charge in [0.2, 0.25) is 0 Å². The molecular weight excluding hydrogens is 230 g/mol. The first-order valence-electron chi connectivity index (χ1n) is 6.04. The second-order valence-electron chi connectivity index (χ2n) is 5.30. The second kappa shape index (κ2) is 4.06. The van der Waals surface area contributed by atoms with Crippen LogP contribution in [0, 0.1) is 13.8 Å². The van der Waals surface area contributed by atoms with Gasteiger partial charge in [-0.25, -0.2) is 0 Å². The normalized spacial score (nSPS) is 17.5. The standard InChI is InChI=1S/C15H20ClN/c1-10-6-7-11(2)14-13(10)12(3)17(9-8-16)15(14,4)5/h6-7H,3,8-9H2,1-2,4-5H3. The van der Waals surface area contributed by atoms with Crippen molar-refractivity contribution < 1.29 is 0 Å². The number of benzene rings is 1. The Kier molecular flexibility index (Phi) is 2.99. The van der Waals surface area contributed by atoms with Crippen molar-refractivity contribution in [3.8, 4) is 0 Å². The first kappa shape index (κ1) is 12.5. The molecule has 0 N–H and O–H groups in total. The third kappa shape index (κ3) is 1.68. The molecule has 2 heteroatoms. The Hall–Kier alpha value is -0.950. The minimum absolute atomic E-state index is 0.00257. The zero-order chi connectivity index (χ0) is 12.8. The lowest BCUT2D eigenvalue weighted by molar-refractivity contribution is 0.230. The SMILES string of the molecule is C=C1c2c(C)ccc(C)c2C(C)(C)N1CCCl. The molecule has 0 amide bonds. The Balaban J connectivity index is 2.66. The van der Waals surface area contributed by atoms with E-state index < -0.39 is 0 Å². The van der Waals surface area contributed by atoms with Crippen LogP contribution in [0.3, 0.4) is 0 Å². The first-order valence-corrected chi connectivity index (χ1v) is 6.58. The summed E-state index contributed by atoms with van der Waals surface area (Å²) >= 11 is 5.91.